The number of hydrogen-bond acceptors (Lipinski definition) is 3. The van der Waals surface area contributed by atoms with Gasteiger partial charge in [-0.2, -0.15) is 0 Å². The van der Waals surface area contributed by atoms with Crippen LogP contribution in [-0.2, 0) is 6.42 Å². The second-order valence-corrected chi connectivity index (χ2v) is 8.55. The third kappa shape index (κ3) is 4.29. The van der Waals surface area contributed by atoms with E-state index in [1.807, 2.05) is 11.3 Å². The molecule has 3 atom stereocenters. The third-order valence-corrected chi connectivity index (χ3v) is 6.46. The van der Waals surface area contributed by atoms with Crippen LogP contribution in [0.1, 0.15) is 56.7 Å². The summed E-state index contributed by atoms with van der Waals surface area (Å²) >= 11 is 1.86. The van der Waals surface area contributed by atoms with Crippen LogP contribution in [0.4, 0.5) is 0 Å². The summed E-state index contributed by atoms with van der Waals surface area (Å²) < 4.78 is 0. The predicted octanol–water partition coefficient (Wildman–Crippen LogP) is 4.43. The van der Waals surface area contributed by atoms with Crippen molar-refractivity contribution in [1.29, 1.82) is 0 Å². The van der Waals surface area contributed by atoms with Crippen molar-refractivity contribution in [3.05, 3.63) is 16.1 Å². The molecule has 2 saturated carbocycles. The van der Waals surface area contributed by atoms with Gasteiger partial charge in [-0.05, 0) is 69.2 Å². The largest absolute Gasteiger partial charge is 0.314 e. The van der Waals surface area contributed by atoms with E-state index in [1.54, 1.807) is 0 Å². The van der Waals surface area contributed by atoms with E-state index in [0.29, 0.717) is 0 Å². The lowest BCUT2D eigenvalue weighted by molar-refractivity contribution is 0.144. The van der Waals surface area contributed by atoms with Crippen molar-refractivity contribution < 1.29 is 0 Å². The first-order chi connectivity index (χ1) is 10.1. The van der Waals surface area contributed by atoms with Gasteiger partial charge in [0.15, 0.2) is 0 Å². The highest BCUT2D eigenvalue weighted by atomic mass is 32.1. The number of aryl methyl sites for hydroxylation is 1. The number of aromatic nitrogens is 1. The summed E-state index contributed by atoms with van der Waals surface area (Å²) in [6.45, 7) is 8.16. The highest BCUT2D eigenvalue weighted by molar-refractivity contribution is 7.09. The SMILES string of the molecule is Cc1csc(CC2CC(C(C)C)CCC2CNC2CC2)n1. The van der Waals surface area contributed by atoms with Crippen molar-refractivity contribution in [2.24, 2.45) is 23.7 Å². The quantitative estimate of drug-likeness (QED) is 0.840. The Balaban J connectivity index is 1.62. The zero-order chi connectivity index (χ0) is 14.8. The standard InChI is InChI=1S/C18H30N2S/c1-12(2)14-4-5-15(10-19-17-6-7-17)16(8-14)9-18-20-13(3)11-21-18/h11-12,14-17,19H,4-10H2,1-3H3. The second kappa shape index (κ2) is 6.78. The van der Waals surface area contributed by atoms with Gasteiger partial charge in [-0.15, -0.1) is 11.3 Å². The molecule has 2 aliphatic rings. The third-order valence-electron chi connectivity index (χ3n) is 5.47. The minimum atomic E-state index is 0.836. The van der Waals surface area contributed by atoms with Gasteiger partial charge in [-0.25, -0.2) is 4.98 Å². The average Bonchev–Trinajstić information content (AvgIpc) is 3.19. The molecule has 1 N–H and O–H groups in total. The first-order valence-corrected chi connectivity index (χ1v) is 9.64. The fraction of sp³-hybridized carbons (Fsp3) is 0.833. The number of hydrogen-bond donors (Lipinski definition) is 1. The molecule has 2 aliphatic carbocycles. The maximum atomic E-state index is 4.71. The van der Waals surface area contributed by atoms with Crippen LogP contribution in [0.25, 0.3) is 0 Å². The molecule has 118 valence electrons. The Hall–Kier alpha value is -0.410. The smallest absolute Gasteiger partial charge is 0.0930 e. The van der Waals surface area contributed by atoms with Crippen molar-refractivity contribution in [3.63, 3.8) is 0 Å². The van der Waals surface area contributed by atoms with Gasteiger partial charge in [0.05, 0.1) is 5.01 Å². The molecule has 3 heteroatoms. The van der Waals surface area contributed by atoms with Gasteiger partial charge in [0.25, 0.3) is 0 Å². The second-order valence-electron chi connectivity index (χ2n) is 7.61. The first-order valence-electron chi connectivity index (χ1n) is 8.76. The molecule has 1 heterocycles. The Kier molecular flexibility index (Phi) is 5.00. The van der Waals surface area contributed by atoms with E-state index in [9.17, 15) is 0 Å². The van der Waals surface area contributed by atoms with E-state index in [2.05, 4.69) is 31.5 Å². The maximum absolute atomic E-state index is 4.71. The molecule has 0 aliphatic heterocycles. The molecule has 21 heavy (non-hydrogen) atoms. The van der Waals surface area contributed by atoms with E-state index in [0.717, 1.165) is 29.7 Å². The van der Waals surface area contributed by atoms with Gasteiger partial charge >= 0.3 is 0 Å². The van der Waals surface area contributed by atoms with Gasteiger partial charge in [0.2, 0.25) is 0 Å². The van der Waals surface area contributed by atoms with E-state index in [1.165, 1.54) is 55.8 Å². The molecule has 0 radical (unpaired) electrons. The van der Waals surface area contributed by atoms with Crippen molar-refractivity contribution in [1.82, 2.24) is 10.3 Å². The summed E-state index contributed by atoms with van der Waals surface area (Å²) in [4.78, 5) is 4.71. The van der Waals surface area contributed by atoms with Crippen LogP contribution in [0.3, 0.4) is 0 Å². The minimum absolute atomic E-state index is 0.836. The minimum Gasteiger partial charge on any atom is -0.314 e. The van der Waals surface area contributed by atoms with E-state index >= 15 is 0 Å². The molecule has 0 bridgehead atoms. The summed E-state index contributed by atoms with van der Waals surface area (Å²) in [5.74, 6) is 3.46. The molecular weight excluding hydrogens is 276 g/mol. The Morgan fingerprint density at radius 3 is 2.67 bits per heavy atom. The van der Waals surface area contributed by atoms with Crippen molar-refractivity contribution in [2.45, 2.75) is 65.3 Å². The number of thiazole rings is 1. The first kappa shape index (κ1) is 15.5. The van der Waals surface area contributed by atoms with Gasteiger partial charge in [0.1, 0.15) is 0 Å². The van der Waals surface area contributed by atoms with Crippen LogP contribution >= 0.6 is 11.3 Å². The van der Waals surface area contributed by atoms with Crippen LogP contribution < -0.4 is 5.32 Å². The zero-order valence-corrected chi connectivity index (χ0v) is 14.6. The fourth-order valence-corrected chi connectivity index (χ4v) is 4.68. The van der Waals surface area contributed by atoms with E-state index < -0.39 is 0 Å². The molecule has 0 amide bonds. The van der Waals surface area contributed by atoms with Crippen molar-refractivity contribution in [2.75, 3.05) is 6.54 Å². The highest BCUT2D eigenvalue weighted by Gasteiger charge is 2.33. The fourth-order valence-electron chi connectivity index (χ4n) is 3.81. The molecular formula is C18H30N2S. The van der Waals surface area contributed by atoms with E-state index in [4.69, 9.17) is 4.98 Å². The normalized spacial score (nSPS) is 30.0. The van der Waals surface area contributed by atoms with Crippen LogP contribution in [0.5, 0.6) is 0 Å². The molecule has 2 fully saturated rings. The summed E-state index contributed by atoms with van der Waals surface area (Å²) in [5, 5.41) is 7.34. The molecule has 3 rings (SSSR count). The molecule has 0 spiro atoms. The summed E-state index contributed by atoms with van der Waals surface area (Å²) in [6, 6.07) is 0.843. The van der Waals surface area contributed by atoms with E-state index in [-0.39, 0.29) is 0 Å². The number of rotatable bonds is 6. The molecule has 3 unspecified atom stereocenters. The number of nitrogens with zero attached hydrogens (tertiary/aromatic N) is 1. The Labute approximate surface area is 133 Å². The number of nitrogens with one attached hydrogen (secondary N) is 1. The van der Waals surface area contributed by atoms with Gasteiger partial charge < -0.3 is 5.32 Å². The van der Waals surface area contributed by atoms with Crippen LogP contribution in [-0.4, -0.2) is 17.6 Å². The summed E-state index contributed by atoms with van der Waals surface area (Å²) in [5.41, 5.74) is 1.19. The van der Waals surface area contributed by atoms with Crippen LogP contribution in [0, 0.1) is 30.6 Å². The maximum Gasteiger partial charge on any atom is 0.0930 e. The van der Waals surface area contributed by atoms with Gasteiger partial charge in [-0.3, -0.25) is 0 Å². The van der Waals surface area contributed by atoms with Gasteiger partial charge in [0, 0.05) is 23.5 Å². The molecule has 2 nitrogen and oxygen atoms in total. The lowest BCUT2D eigenvalue weighted by Gasteiger charge is -2.38. The average molecular weight is 307 g/mol. The Bertz CT molecular complexity index is 450. The van der Waals surface area contributed by atoms with Crippen molar-refractivity contribution >= 4 is 11.3 Å². The van der Waals surface area contributed by atoms with Crippen LogP contribution in [0.15, 0.2) is 5.38 Å². The Morgan fingerprint density at radius 2 is 2.05 bits per heavy atom. The lowest BCUT2D eigenvalue weighted by atomic mass is 9.69. The molecule has 0 saturated heterocycles. The highest BCUT2D eigenvalue weighted by Crippen LogP contribution is 2.39. The zero-order valence-electron chi connectivity index (χ0n) is 13.8. The predicted molar refractivity (Wildman–Crippen MR) is 90.7 cm³/mol. The molecule has 0 aromatic carbocycles. The summed E-state index contributed by atoms with van der Waals surface area (Å²) in [7, 11) is 0. The Morgan fingerprint density at radius 1 is 1.24 bits per heavy atom. The van der Waals surface area contributed by atoms with Gasteiger partial charge in [-0.1, -0.05) is 13.8 Å². The monoisotopic (exact) mass is 306 g/mol. The summed E-state index contributed by atoms with van der Waals surface area (Å²) in [6.07, 6.45) is 8.26. The van der Waals surface area contributed by atoms with Crippen LogP contribution in [0.2, 0.25) is 0 Å². The van der Waals surface area contributed by atoms with Crippen molar-refractivity contribution in [3.8, 4) is 0 Å². The topological polar surface area (TPSA) is 24.9 Å². The molecule has 1 aromatic heterocycles. The molecule has 1 aromatic rings. The lowest BCUT2D eigenvalue weighted by Crippen LogP contribution is -2.36.